The monoisotopic (exact) mass is 394 g/mol. The van der Waals surface area contributed by atoms with Gasteiger partial charge < -0.3 is 20.4 Å². The molecule has 3 aromatic rings. The first-order valence-corrected chi connectivity index (χ1v) is 9.70. The Bertz CT molecular complexity index is 922. The van der Waals surface area contributed by atoms with Crippen molar-refractivity contribution in [1.29, 1.82) is 0 Å². The average molecular weight is 395 g/mol. The lowest BCUT2D eigenvalue weighted by atomic mass is 10.2. The molecule has 1 aromatic heterocycles. The molecular formula is C21H23ClN6. The molecule has 1 fully saturated rings. The summed E-state index contributed by atoms with van der Waals surface area (Å²) in [4.78, 5) is 13.6. The Labute approximate surface area is 170 Å². The number of nitrogens with one attached hydrogen (secondary N) is 2. The highest BCUT2D eigenvalue weighted by Crippen LogP contribution is 2.23. The maximum Gasteiger partial charge on any atom is 0.229 e. The average Bonchev–Trinajstić information content (AvgIpc) is 2.70. The fourth-order valence-electron chi connectivity index (χ4n) is 3.15. The molecule has 0 unspecified atom stereocenters. The molecule has 4 rings (SSSR count). The third-order valence-electron chi connectivity index (χ3n) is 4.74. The molecular weight excluding hydrogens is 372 g/mol. The molecule has 1 aliphatic heterocycles. The van der Waals surface area contributed by atoms with Gasteiger partial charge in [0, 0.05) is 54.5 Å². The molecule has 7 heteroatoms. The number of anilines is 5. The number of benzene rings is 2. The molecule has 1 saturated heterocycles. The molecule has 2 N–H and O–H groups in total. The van der Waals surface area contributed by atoms with Gasteiger partial charge >= 0.3 is 0 Å². The molecule has 0 bridgehead atoms. The van der Waals surface area contributed by atoms with Crippen molar-refractivity contribution in [3.05, 3.63) is 65.8 Å². The summed E-state index contributed by atoms with van der Waals surface area (Å²) in [5, 5.41) is 7.17. The zero-order chi connectivity index (χ0) is 19.3. The lowest BCUT2D eigenvalue weighted by molar-refractivity contribution is 0.313. The molecule has 0 atom stereocenters. The van der Waals surface area contributed by atoms with Crippen LogP contribution >= 0.6 is 11.6 Å². The van der Waals surface area contributed by atoms with Crippen LogP contribution in [0.25, 0.3) is 0 Å². The van der Waals surface area contributed by atoms with Crippen molar-refractivity contribution in [2.24, 2.45) is 0 Å². The van der Waals surface area contributed by atoms with Gasteiger partial charge in [0.1, 0.15) is 5.82 Å². The summed E-state index contributed by atoms with van der Waals surface area (Å²) in [5.41, 5.74) is 3.09. The van der Waals surface area contributed by atoms with Crippen molar-refractivity contribution in [1.82, 2.24) is 14.9 Å². The van der Waals surface area contributed by atoms with E-state index >= 15 is 0 Å². The maximum atomic E-state index is 6.03. The van der Waals surface area contributed by atoms with Crippen molar-refractivity contribution in [2.45, 2.75) is 0 Å². The van der Waals surface area contributed by atoms with Crippen molar-refractivity contribution in [2.75, 3.05) is 48.8 Å². The Morgan fingerprint density at radius 3 is 2.43 bits per heavy atom. The quantitative estimate of drug-likeness (QED) is 0.670. The highest BCUT2D eigenvalue weighted by Gasteiger charge is 2.14. The molecule has 0 aliphatic carbocycles. The standard InChI is InChI=1S/C21H23ClN6/c1-27-11-13-28(14-12-27)19-7-5-17(6-8-19)24-20-9-10-23-21(26-20)25-18-4-2-3-16(22)15-18/h2-10,15H,11-14H2,1H3,(H2,23,24,25,26). The molecule has 28 heavy (non-hydrogen) atoms. The van der Waals surface area contributed by atoms with Crippen LogP contribution in [-0.4, -0.2) is 48.1 Å². The SMILES string of the molecule is CN1CCN(c2ccc(Nc3ccnc(Nc4cccc(Cl)c4)n3)cc2)CC1. The van der Waals surface area contributed by atoms with Gasteiger partial charge in [-0.3, -0.25) is 0 Å². The van der Waals surface area contributed by atoms with E-state index < -0.39 is 0 Å². The van der Waals surface area contributed by atoms with E-state index in [1.807, 2.05) is 30.3 Å². The summed E-state index contributed by atoms with van der Waals surface area (Å²) in [6.07, 6.45) is 1.72. The Kier molecular flexibility index (Phi) is 5.60. The number of hydrogen-bond donors (Lipinski definition) is 2. The zero-order valence-corrected chi connectivity index (χ0v) is 16.5. The van der Waals surface area contributed by atoms with E-state index in [4.69, 9.17) is 11.6 Å². The van der Waals surface area contributed by atoms with Crippen LogP contribution in [0, 0.1) is 0 Å². The van der Waals surface area contributed by atoms with Gasteiger partial charge in [0.05, 0.1) is 0 Å². The van der Waals surface area contributed by atoms with E-state index in [0.29, 0.717) is 11.0 Å². The first kappa shape index (κ1) is 18.5. The molecule has 0 saturated carbocycles. The lowest BCUT2D eigenvalue weighted by Crippen LogP contribution is -2.44. The van der Waals surface area contributed by atoms with Crippen LogP contribution in [0.5, 0.6) is 0 Å². The summed E-state index contributed by atoms with van der Waals surface area (Å²) in [7, 11) is 2.17. The van der Waals surface area contributed by atoms with E-state index in [9.17, 15) is 0 Å². The minimum absolute atomic E-state index is 0.515. The largest absolute Gasteiger partial charge is 0.369 e. The van der Waals surface area contributed by atoms with Crippen LogP contribution in [0.15, 0.2) is 60.8 Å². The number of rotatable bonds is 5. The van der Waals surface area contributed by atoms with Crippen LogP contribution in [0.1, 0.15) is 0 Å². The van der Waals surface area contributed by atoms with Gasteiger partial charge in [-0.25, -0.2) is 4.98 Å². The third-order valence-corrected chi connectivity index (χ3v) is 4.98. The molecule has 144 valence electrons. The number of nitrogens with zero attached hydrogens (tertiary/aromatic N) is 4. The van der Waals surface area contributed by atoms with Gasteiger partial charge in [-0.2, -0.15) is 4.98 Å². The Morgan fingerprint density at radius 2 is 1.68 bits per heavy atom. The molecule has 0 amide bonds. The fourth-order valence-corrected chi connectivity index (χ4v) is 3.34. The second-order valence-electron chi connectivity index (χ2n) is 6.86. The molecule has 0 radical (unpaired) electrons. The minimum Gasteiger partial charge on any atom is -0.369 e. The van der Waals surface area contributed by atoms with Gasteiger partial charge in [-0.1, -0.05) is 17.7 Å². The van der Waals surface area contributed by atoms with E-state index in [1.54, 1.807) is 6.20 Å². The van der Waals surface area contributed by atoms with Crippen molar-refractivity contribution < 1.29 is 0 Å². The van der Waals surface area contributed by atoms with Crippen LogP contribution in [-0.2, 0) is 0 Å². The highest BCUT2D eigenvalue weighted by atomic mass is 35.5. The molecule has 6 nitrogen and oxygen atoms in total. The van der Waals surface area contributed by atoms with Gasteiger partial charge in [0.2, 0.25) is 5.95 Å². The topological polar surface area (TPSA) is 56.3 Å². The first-order valence-electron chi connectivity index (χ1n) is 9.32. The second kappa shape index (κ2) is 8.46. The maximum absolute atomic E-state index is 6.03. The van der Waals surface area contributed by atoms with E-state index in [-0.39, 0.29) is 0 Å². The van der Waals surface area contributed by atoms with Crippen LogP contribution in [0.3, 0.4) is 0 Å². The predicted molar refractivity (Wildman–Crippen MR) is 116 cm³/mol. The predicted octanol–water partition coefficient (Wildman–Crippen LogP) is 4.37. The van der Waals surface area contributed by atoms with E-state index in [1.165, 1.54) is 5.69 Å². The molecule has 1 aliphatic rings. The van der Waals surface area contributed by atoms with Crippen LogP contribution < -0.4 is 15.5 Å². The summed E-state index contributed by atoms with van der Waals surface area (Å²) in [6.45, 7) is 4.33. The van der Waals surface area contributed by atoms with Gasteiger partial charge in [-0.05, 0) is 55.6 Å². The third kappa shape index (κ3) is 4.71. The number of aromatic nitrogens is 2. The normalized spacial score (nSPS) is 14.7. The minimum atomic E-state index is 0.515. The van der Waals surface area contributed by atoms with Crippen molar-refractivity contribution in [3.63, 3.8) is 0 Å². The number of hydrogen-bond acceptors (Lipinski definition) is 6. The van der Waals surface area contributed by atoms with Crippen molar-refractivity contribution in [3.8, 4) is 0 Å². The second-order valence-corrected chi connectivity index (χ2v) is 7.30. The van der Waals surface area contributed by atoms with Gasteiger partial charge in [-0.15, -0.1) is 0 Å². The Balaban J connectivity index is 1.41. The smallest absolute Gasteiger partial charge is 0.229 e. The summed E-state index contributed by atoms with van der Waals surface area (Å²) in [5.74, 6) is 1.24. The number of likely N-dealkylation sites (N-methyl/N-ethyl adjacent to an activating group) is 1. The Hall–Kier alpha value is -2.83. The molecule has 0 spiro atoms. The summed E-state index contributed by atoms with van der Waals surface area (Å²) < 4.78 is 0. The van der Waals surface area contributed by atoms with Crippen LogP contribution in [0.4, 0.5) is 28.8 Å². The highest BCUT2D eigenvalue weighted by molar-refractivity contribution is 6.30. The summed E-state index contributed by atoms with van der Waals surface area (Å²) in [6, 6.07) is 17.8. The Morgan fingerprint density at radius 1 is 0.893 bits per heavy atom. The van der Waals surface area contributed by atoms with Gasteiger partial charge in [0.15, 0.2) is 0 Å². The van der Waals surface area contributed by atoms with E-state index in [2.05, 4.69) is 61.7 Å². The zero-order valence-electron chi connectivity index (χ0n) is 15.8. The van der Waals surface area contributed by atoms with Crippen LogP contribution in [0.2, 0.25) is 5.02 Å². The van der Waals surface area contributed by atoms with Gasteiger partial charge in [0.25, 0.3) is 0 Å². The molecule has 2 heterocycles. The molecule has 2 aromatic carbocycles. The summed E-state index contributed by atoms with van der Waals surface area (Å²) >= 11 is 6.03. The number of piperazine rings is 1. The van der Waals surface area contributed by atoms with Crippen molar-refractivity contribution >= 4 is 40.4 Å². The first-order chi connectivity index (χ1) is 13.7. The van der Waals surface area contributed by atoms with E-state index in [0.717, 1.165) is 43.4 Å². The lowest BCUT2D eigenvalue weighted by Gasteiger charge is -2.34. The number of halogens is 1. The fraction of sp³-hybridized carbons (Fsp3) is 0.238.